The van der Waals surface area contributed by atoms with Gasteiger partial charge in [-0.3, -0.25) is 4.79 Å². The number of aryl methyl sites for hydroxylation is 1. The Morgan fingerprint density at radius 2 is 2.00 bits per heavy atom. The maximum atomic E-state index is 13.3. The van der Waals surface area contributed by atoms with Gasteiger partial charge in [0.15, 0.2) is 17.5 Å². The van der Waals surface area contributed by atoms with Gasteiger partial charge >= 0.3 is 5.97 Å². The van der Waals surface area contributed by atoms with Gasteiger partial charge in [-0.05, 0) is 55.8 Å². The number of carbonyl (C=O) groups excluding carboxylic acids is 2. The lowest BCUT2D eigenvalue weighted by atomic mass is 9.96. The average Bonchev–Trinajstić information content (AvgIpc) is 3.44. The summed E-state index contributed by atoms with van der Waals surface area (Å²) in [5.41, 5.74) is 3.22. The minimum Gasteiger partial charge on any atom is -0.451 e. The lowest BCUT2D eigenvalue weighted by Gasteiger charge is -2.21. The molecule has 1 atom stereocenters. The number of nitrogens with zero attached hydrogens (tertiary/aromatic N) is 3. The van der Waals surface area contributed by atoms with Crippen molar-refractivity contribution < 1.29 is 14.3 Å². The normalized spacial score (nSPS) is 16.5. The van der Waals surface area contributed by atoms with Crippen molar-refractivity contribution in [2.75, 3.05) is 0 Å². The molecule has 0 aliphatic heterocycles. The van der Waals surface area contributed by atoms with Crippen LogP contribution in [-0.2, 0) is 9.53 Å². The van der Waals surface area contributed by atoms with Gasteiger partial charge < -0.3 is 4.74 Å². The second kappa shape index (κ2) is 8.07. The molecular weight excluding hydrogens is 410 g/mol. The van der Waals surface area contributed by atoms with Crippen LogP contribution < -0.4 is 0 Å². The molecule has 6 nitrogen and oxygen atoms in total. The number of pyridine rings is 1. The first-order chi connectivity index (χ1) is 15.1. The topological polar surface area (TPSA) is 74.1 Å². The molecule has 1 aliphatic carbocycles. The summed E-state index contributed by atoms with van der Waals surface area (Å²) in [7, 11) is 0. The summed E-state index contributed by atoms with van der Waals surface area (Å²) in [6, 6.07) is 15.4. The third-order valence-electron chi connectivity index (χ3n) is 5.55. The SMILES string of the molecule is Cc1nn(-c2ccccc2)c2nc(-c3cccs3)cc(C(=O)OC3CCCCC3=O)c12. The Labute approximate surface area is 183 Å². The number of fused-ring (bicyclic) bond motifs is 1. The number of hydrogen-bond acceptors (Lipinski definition) is 6. The van der Waals surface area contributed by atoms with E-state index in [-0.39, 0.29) is 5.78 Å². The van der Waals surface area contributed by atoms with Crippen LogP contribution in [0, 0.1) is 6.92 Å². The van der Waals surface area contributed by atoms with Crippen LogP contribution in [0.2, 0.25) is 0 Å². The van der Waals surface area contributed by atoms with Gasteiger partial charge in [0.05, 0.1) is 32.9 Å². The fourth-order valence-corrected chi connectivity index (χ4v) is 4.70. The van der Waals surface area contributed by atoms with Crippen molar-refractivity contribution in [2.24, 2.45) is 0 Å². The molecule has 1 unspecified atom stereocenters. The largest absolute Gasteiger partial charge is 0.451 e. The molecule has 0 amide bonds. The van der Waals surface area contributed by atoms with E-state index < -0.39 is 12.1 Å². The van der Waals surface area contributed by atoms with Gasteiger partial charge in [0.2, 0.25) is 0 Å². The number of thiophene rings is 1. The van der Waals surface area contributed by atoms with Crippen LogP contribution in [0.4, 0.5) is 0 Å². The second-order valence-corrected chi connectivity index (χ2v) is 8.62. The molecular formula is C24H21N3O3S. The molecule has 0 N–H and O–H groups in total. The Bertz CT molecular complexity index is 1260. The minimum atomic E-state index is -0.667. The quantitative estimate of drug-likeness (QED) is 0.419. The molecule has 0 bridgehead atoms. The van der Waals surface area contributed by atoms with E-state index in [0.29, 0.717) is 40.8 Å². The van der Waals surface area contributed by atoms with Crippen LogP contribution in [0.1, 0.15) is 41.7 Å². The number of benzene rings is 1. The van der Waals surface area contributed by atoms with E-state index in [1.807, 2.05) is 54.8 Å². The first-order valence-corrected chi connectivity index (χ1v) is 11.2. The monoisotopic (exact) mass is 431 g/mol. The first kappa shape index (κ1) is 19.6. The standard InChI is InChI=1S/C24H21N3O3S/c1-15-22-17(24(29)30-20-11-6-5-10-19(20)28)14-18(21-12-7-13-31-21)25-23(22)27(26-15)16-8-3-2-4-9-16/h2-4,7-9,12-14,20H,5-6,10-11H2,1H3. The number of ketones is 1. The highest BCUT2D eigenvalue weighted by molar-refractivity contribution is 7.13. The highest BCUT2D eigenvalue weighted by Crippen LogP contribution is 2.31. The van der Waals surface area contributed by atoms with Crippen LogP contribution >= 0.6 is 11.3 Å². The van der Waals surface area contributed by atoms with E-state index in [2.05, 4.69) is 5.10 Å². The van der Waals surface area contributed by atoms with Crippen molar-refractivity contribution in [1.29, 1.82) is 0 Å². The molecule has 5 rings (SSSR count). The molecule has 0 saturated heterocycles. The molecule has 0 radical (unpaired) electrons. The van der Waals surface area contributed by atoms with Crippen LogP contribution in [0.15, 0.2) is 53.9 Å². The molecule has 31 heavy (non-hydrogen) atoms. The molecule has 3 heterocycles. The molecule has 1 aliphatic rings. The number of carbonyl (C=O) groups is 2. The lowest BCUT2D eigenvalue weighted by Crippen LogP contribution is -2.30. The van der Waals surface area contributed by atoms with Gasteiger partial charge in [-0.1, -0.05) is 24.3 Å². The Hall–Kier alpha value is -3.32. The van der Waals surface area contributed by atoms with Gasteiger partial charge in [0, 0.05) is 6.42 Å². The number of aromatic nitrogens is 3. The van der Waals surface area contributed by atoms with E-state index >= 15 is 0 Å². The third kappa shape index (κ3) is 3.65. The summed E-state index contributed by atoms with van der Waals surface area (Å²) in [4.78, 5) is 31.3. The fraction of sp³-hybridized carbons (Fsp3) is 0.250. The van der Waals surface area contributed by atoms with E-state index in [4.69, 9.17) is 9.72 Å². The van der Waals surface area contributed by atoms with Crippen LogP contribution in [-0.4, -0.2) is 32.6 Å². The van der Waals surface area contributed by atoms with E-state index in [0.717, 1.165) is 23.4 Å². The van der Waals surface area contributed by atoms with Crippen molar-refractivity contribution in [3.63, 3.8) is 0 Å². The Balaban J connectivity index is 1.67. The summed E-state index contributed by atoms with van der Waals surface area (Å²) in [6.07, 6.45) is 2.13. The number of Topliss-reactive ketones (excluding diaryl/α,β-unsaturated/α-hetero) is 1. The maximum Gasteiger partial charge on any atom is 0.339 e. The number of hydrogen-bond donors (Lipinski definition) is 0. The third-order valence-corrected chi connectivity index (χ3v) is 6.45. The van der Waals surface area contributed by atoms with Crippen LogP contribution in [0.3, 0.4) is 0 Å². The zero-order chi connectivity index (χ0) is 21.4. The number of ether oxygens (including phenoxy) is 1. The summed E-state index contributed by atoms with van der Waals surface area (Å²) in [5, 5.41) is 7.29. The zero-order valence-electron chi connectivity index (χ0n) is 17.1. The summed E-state index contributed by atoms with van der Waals surface area (Å²) in [6.45, 7) is 1.86. The van der Waals surface area contributed by atoms with E-state index in [9.17, 15) is 9.59 Å². The van der Waals surface area contributed by atoms with Crippen LogP contribution in [0.5, 0.6) is 0 Å². The van der Waals surface area contributed by atoms with Crippen LogP contribution in [0.25, 0.3) is 27.3 Å². The predicted octanol–water partition coefficient (Wildman–Crippen LogP) is 5.13. The predicted molar refractivity (Wildman–Crippen MR) is 120 cm³/mol. The number of esters is 1. The Kier molecular flexibility index (Phi) is 5.11. The lowest BCUT2D eigenvalue weighted by molar-refractivity contribution is -0.129. The van der Waals surface area contributed by atoms with E-state index in [1.54, 1.807) is 22.1 Å². The number of para-hydroxylation sites is 1. The minimum absolute atomic E-state index is 0.0000768. The maximum absolute atomic E-state index is 13.3. The molecule has 1 aromatic carbocycles. The molecule has 0 spiro atoms. The highest BCUT2D eigenvalue weighted by Gasteiger charge is 2.29. The smallest absolute Gasteiger partial charge is 0.339 e. The first-order valence-electron chi connectivity index (χ1n) is 10.3. The van der Waals surface area contributed by atoms with Crippen molar-refractivity contribution in [2.45, 2.75) is 38.7 Å². The summed E-state index contributed by atoms with van der Waals surface area (Å²) < 4.78 is 7.44. The summed E-state index contributed by atoms with van der Waals surface area (Å²) >= 11 is 1.55. The molecule has 3 aromatic heterocycles. The molecule has 7 heteroatoms. The highest BCUT2D eigenvalue weighted by atomic mass is 32.1. The molecule has 1 fully saturated rings. The second-order valence-electron chi connectivity index (χ2n) is 7.67. The van der Waals surface area contributed by atoms with Gasteiger partial charge in [-0.15, -0.1) is 11.3 Å². The molecule has 4 aromatic rings. The molecule has 156 valence electrons. The number of rotatable bonds is 4. The molecule has 1 saturated carbocycles. The van der Waals surface area contributed by atoms with Gasteiger partial charge in [0.1, 0.15) is 0 Å². The zero-order valence-corrected chi connectivity index (χ0v) is 17.9. The van der Waals surface area contributed by atoms with Crippen molar-refractivity contribution in [3.8, 4) is 16.3 Å². The van der Waals surface area contributed by atoms with Crippen molar-refractivity contribution in [3.05, 3.63) is 65.2 Å². The summed E-state index contributed by atoms with van der Waals surface area (Å²) in [5.74, 6) is -0.499. The van der Waals surface area contributed by atoms with Gasteiger partial charge in [-0.2, -0.15) is 5.10 Å². The fourth-order valence-electron chi connectivity index (χ4n) is 4.02. The van der Waals surface area contributed by atoms with Crippen molar-refractivity contribution >= 4 is 34.1 Å². The Morgan fingerprint density at radius 3 is 2.74 bits per heavy atom. The van der Waals surface area contributed by atoms with Gasteiger partial charge in [-0.25, -0.2) is 14.5 Å². The average molecular weight is 432 g/mol. The van der Waals surface area contributed by atoms with E-state index in [1.165, 1.54) is 0 Å². The van der Waals surface area contributed by atoms with Crippen molar-refractivity contribution in [1.82, 2.24) is 14.8 Å². The Morgan fingerprint density at radius 1 is 1.16 bits per heavy atom. The van der Waals surface area contributed by atoms with Gasteiger partial charge in [0.25, 0.3) is 0 Å².